The van der Waals surface area contributed by atoms with Crippen molar-refractivity contribution in [2.24, 2.45) is 5.73 Å². The molecule has 3 rings (SSSR count). The predicted octanol–water partition coefficient (Wildman–Crippen LogP) is 3.60. The molecule has 1 aromatic heterocycles. The Hall–Kier alpha value is -2.59. The van der Waals surface area contributed by atoms with Gasteiger partial charge in [0.2, 0.25) is 5.91 Å². The molecular formula is C17H14ClN3O. The number of carbonyl (C=O) groups excluding carboxylic acids is 1. The van der Waals surface area contributed by atoms with Crippen molar-refractivity contribution < 1.29 is 4.79 Å². The lowest BCUT2D eigenvalue weighted by atomic mass is 10.1. The molecule has 0 aliphatic carbocycles. The summed E-state index contributed by atoms with van der Waals surface area (Å²) in [6.45, 7) is 0.548. The molecule has 1 heterocycles. The van der Waals surface area contributed by atoms with Crippen LogP contribution in [0.25, 0.3) is 10.9 Å². The average molecular weight is 312 g/mol. The highest BCUT2D eigenvalue weighted by atomic mass is 35.5. The molecule has 0 spiro atoms. The fourth-order valence-corrected chi connectivity index (χ4v) is 2.42. The number of hydrogen-bond acceptors (Lipinski definition) is 3. The lowest BCUT2D eigenvalue weighted by Gasteiger charge is -2.09. The molecule has 2 aromatic carbocycles. The number of primary amides is 1. The average Bonchev–Trinajstić information content (AvgIpc) is 2.53. The Morgan fingerprint density at radius 1 is 1.14 bits per heavy atom. The van der Waals surface area contributed by atoms with E-state index in [9.17, 15) is 4.79 Å². The van der Waals surface area contributed by atoms with Crippen LogP contribution in [0.4, 0.5) is 5.69 Å². The molecule has 1 amide bonds. The Labute approximate surface area is 132 Å². The monoisotopic (exact) mass is 311 g/mol. The van der Waals surface area contributed by atoms with Gasteiger partial charge in [-0.15, -0.1) is 0 Å². The summed E-state index contributed by atoms with van der Waals surface area (Å²) in [5, 5.41) is 4.79. The molecule has 0 saturated carbocycles. The number of pyridine rings is 1. The van der Waals surface area contributed by atoms with Crippen molar-refractivity contribution >= 4 is 34.1 Å². The summed E-state index contributed by atoms with van der Waals surface area (Å²) in [6, 6.07) is 16.8. The van der Waals surface area contributed by atoms with Gasteiger partial charge in [0.1, 0.15) is 5.15 Å². The van der Waals surface area contributed by atoms with E-state index in [2.05, 4.69) is 10.3 Å². The molecule has 0 atom stereocenters. The number of para-hydroxylation sites is 1. The van der Waals surface area contributed by atoms with Crippen LogP contribution in [0.1, 0.15) is 15.9 Å². The molecule has 22 heavy (non-hydrogen) atoms. The molecule has 3 N–H and O–H groups in total. The van der Waals surface area contributed by atoms with Gasteiger partial charge < -0.3 is 11.1 Å². The van der Waals surface area contributed by atoms with Crippen molar-refractivity contribution in [3.8, 4) is 0 Å². The van der Waals surface area contributed by atoms with E-state index in [1.807, 2.05) is 42.5 Å². The molecule has 0 saturated heterocycles. The molecule has 0 unspecified atom stereocenters. The van der Waals surface area contributed by atoms with Gasteiger partial charge in [-0.1, -0.05) is 29.8 Å². The first-order valence-electron chi connectivity index (χ1n) is 6.81. The quantitative estimate of drug-likeness (QED) is 0.723. The van der Waals surface area contributed by atoms with Crippen LogP contribution in [0.15, 0.2) is 54.6 Å². The Morgan fingerprint density at radius 2 is 1.86 bits per heavy atom. The van der Waals surface area contributed by atoms with E-state index in [1.54, 1.807) is 12.1 Å². The van der Waals surface area contributed by atoms with Gasteiger partial charge in [-0.2, -0.15) is 0 Å². The first kappa shape index (κ1) is 14.4. The third-order valence-corrected chi connectivity index (χ3v) is 3.73. The minimum atomic E-state index is -0.437. The van der Waals surface area contributed by atoms with Crippen molar-refractivity contribution in [1.82, 2.24) is 4.98 Å². The number of benzene rings is 2. The topological polar surface area (TPSA) is 68.0 Å². The fourth-order valence-electron chi connectivity index (χ4n) is 2.21. The summed E-state index contributed by atoms with van der Waals surface area (Å²) in [5.74, 6) is -0.437. The van der Waals surface area contributed by atoms with E-state index < -0.39 is 5.91 Å². The van der Waals surface area contributed by atoms with Gasteiger partial charge >= 0.3 is 0 Å². The molecule has 110 valence electrons. The molecule has 0 bridgehead atoms. The van der Waals surface area contributed by atoms with E-state index in [0.29, 0.717) is 17.3 Å². The number of amides is 1. The highest BCUT2D eigenvalue weighted by Gasteiger charge is 2.05. The first-order valence-corrected chi connectivity index (χ1v) is 7.19. The third kappa shape index (κ3) is 3.02. The Kier molecular flexibility index (Phi) is 3.94. The van der Waals surface area contributed by atoms with Crippen LogP contribution in [-0.4, -0.2) is 10.9 Å². The van der Waals surface area contributed by atoms with Crippen molar-refractivity contribution in [1.29, 1.82) is 0 Å². The molecule has 0 aliphatic heterocycles. The van der Waals surface area contributed by atoms with Crippen LogP contribution in [0.5, 0.6) is 0 Å². The van der Waals surface area contributed by atoms with Gasteiger partial charge in [0.15, 0.2) is 0 Å². The lowest BCUT2D eigenvalue weighted by molar-refractivity contribution is 0.100. The van der Waals surface area contributed by atoms with E-state index in [4.69, 9.17) is 17.3 Å². The Morgan fingerprint density at radius 3 is 2.59 bits per heavy atom. The highest BCUT2D eigenvalue weighted by molar-refractivity contribution is 6.30. The van der Waals surface area contributed by atoms with Crippen LogP contribution in [-0.2, 0) is 6.54 Å². The third-order valence-electron chi connectivity index (χ3n) is 3.40. The summed E-state index contributed by atoms with van der Waals surface area (Å²) < 4.78 is 0. The number of anilines is 1. The zero-order valence-electron chi connectivity index (χ0n) is 11.7. The van der Waals surface area contributed by atoms with Crippen LogP contribution >= 0.6 is 11.6 Å². The number of nitrogens with one attached hydrogen (secondary N) is 1. The SMILES string of the molecule is NC(=O)c1ccc(NCc2cc3ccccc3nc2Cl)cc1. The van der Waals surface area contributed by atoms with Crippen molar-refractivity contribution in [3.63, 3.8) is 0 Å². The van der Waals surface area contributed by atoms with Gasteiger partial charge in [-0.25, -0.2) is 4.98 Å². The number of halogens is 1. The van der Waals surface area contributed by atoms with E-state index in [-0.39, 0.29) is 0 Å². The maximum absolute atomic E-state index is 11.0. The zero-order valence-corrected chi connectivity index (χ0v) is 12.5. The minimum absolute atomic E-state index is 0.437. The molecule has 0 aliphatic rings. The first-order chi connectivity index (χ1) is 10.6. The molecular weight excluding hydrogens is 298 g/mol. The minimum Gasteiger partial charge on any atom is -0.381 e. The highest BCUT2D eigenvalue weighted by Crippen LogP contribution is 2.21. The van der Waals surface area contributed by atoms with Gasteiger partial charge in [0.05, 0.1) is 5.52 Å². The summed E-state index contributed by atoms with van der Waals surface area (Å²) in [4.78, 5) is 15.4. The fraction of sp³-hybridized carbons (Fsp3) is 0.0588. The number of rotatable bonds is 4. The molecule has 5 heteroatoms. The standard InChI is InChI=1S/C17H14ClN3O/c18-16-13(9-12-3-1-2-4-15(12)21-16)10-20-14-7-5-11(6-8-14)17(19)22/h1-9,20H,10H2,(H2,19,22). The second-order valence-electron chi connectivity index (χ2n) is 4.93. The molecule has 4 nitrogen and oxygen atoms in total. The summed E-state index contributed by atoms with van der Waals surface area (Å²) in [6.07, 6.45) is 0. The molecule has 3 aromatic rings. The number of nitrogens with zero attached hydrogens (tertiary/aromatic N) is 1. The molecule has 0 fully saturated rings. The largest absolute Gasteiger partial charge is 0.381 e. The van der Waals surface area contributed by atoms with Crippen LogP contribution in [0.2, 0.25) is 5.15 Å². The number of hydrogen-bond donors (Lipinski definition) is 2. The van der Waals surface area contributed by atoms with Gasteiger partial charge in [-0.05, 0) is 36.4 Å². The summed E-state index contributed by atoms with van der Waals surface area (Å²) >= 11 is 6.22. The van der Waals surface area contributed by atoms with Crippen molar-refractivity contribution in [2.45, 2.75) is 6.54 Å². The number of nitrogens with two attached hydrogens (primary N) is 1. The van der Waals surface area contributed by atoms with E-state index in [0.717, 1.165) is 22.2 Å². The number of aromatic nitrogens is 1. The normalized spacial score (nSPS) is 10.6. The maximum Gasteiger partial charge on any atom is 0.248 e. The Bertz CT molecular complexity index is 831. The summed E-state index contributed by atoms with van der Waals surface area (Å²) in [5.41, 5.74) is 8.38. The smallest absolute Gasteiger partial charge is 0.248 e. The number of fused-ring (bicyclic) bond motifs is 1. The molecule has 0 radical (unpaired) electrons. The van der Waals surface area contributed by atoms with Gasteiger partial charge in [-0.3, -0.25) is 4.79 Å². The van der Waals surface area contributed by atoms with Crippen molar-refractivity contribution in [3.05, 3.63) is 70.9 Å². The zero-order chi connectivity index (χ0) is 15.5. The predicted molar refractivity (Wildman–Crippen MR) is 89.0 cm³/mol. The van der Waals surface area contributed by atoms with Crippen molar-refractivity contribution in [2.75, 3.05) is 5.32 Å². The van der Waals surface area contributed by atoms with Crippen LogP contribution in [0, 0.1) is 0 Å². The Balaban J connectivity index is 1.78. The second-order valence-corrected chi connectivity index (χ2v) is 5.28. The summed E-state index contributed by atoms with van der Waals surface area (Å²) in [7, 11) is 0. The lowest BCUT2D eigenvalue weighted by Crippen LogP contribution is -2.10. The van der Waals surface area contributed by atoms with Crippen LogP contribution in [0.3, 0.4) is 0 Å². The maximum atomic E-state index is 11.0. The van der Waals surface area contributed by atoms with Gasteiger partial charge in [0.25, 0.3) is 0 Å². The number of carbonyl (C=O) groups is 1. The van der Waals surface area contributed by atoms with Crippen LogP contribution < -0.4 is 11.1 Å². The van der Waals surface area contributed by atoms with E-state index >= 15 is 0 Å². The van der Waals surface area contributed by atoms with Gasteiger partial charge in [0, 0.05) is 28.7 Å². The van der Waals surface area contributed by atoms with E-state index in [1.165, 1.54) is 0 Å². The second kappa shape index (κ2) is 6.03.